The Morgan fingerprint density at radius 3 is 1.90 bits per heavy atom. The van der Waals surface area contributed by atoms with E-state index in [9.17, 15) is 5.11 Å². The highest BCUT2D eigenvalue weighted by Gasteiger charge is 2.46. The van der Waals surface area contributed by atoms with Crippen LogP contribution < -0.4 is 0 Å². The second-order valence-corrected chi connectivity index (χ2v) is 14.3. The molecule has 6 heteroatoms. The summed E-state index contributed by atoms with van der Waals surface area (Å²) in [6, 6.07) is 0. The number of aliphatic hydroxyl groups excluding tert-OH is 1. The summed E-state index contributed by atoms with van der Waals surface area (Å²) in [5, 5.41) is 10.8. The summed E-state index contributed by atoms with van der Waals surface area (Å²) >= 11 is 0. The lowest BCUT2D eigenvalue weighted by atomic mass is 9.90. The predicted molar refractivity (Wildman–Crippen MR) is 122 cm³/mol. The average Bonchev–Trinajstić information content (AvgIpc) is 2.64. The van der Waals surface area contributed by atoms with Gasteiger partial charge in [0.15, 0.2) is 8.32 Å². The smallest absolute Gasteiger partial charge is 0.200 e. The van der Waals surface area contributed by atoms with E-state index in [0.29, 0.717) is 36.4 Å². The quantitative estimate of drug-likeness (QED) is 0.174. The third kappa shape index (κ3) is 8.68. The van der Waals surface area contributed by atoms with E-state index < -0.39 is 14.4 Å². The molecular weight excluding hydrogens is 384 g/mol. The third-order valence-electron chi connectivity index (χ3n) is 6.01. The van der Waals surface area contributed by atoms with Crippen LogP contribution in [-0.4, -0.2) is 59.4 Å². The van der Waals surface area contributed by atoms with Gasteiger partial charge >= 0.3 is 0 Å². The van der Waals surface area contributed by atoms with Crippen molar-refractivity contribution < 1.29 is 23.7 Å². The molecule has 0 radical (unpaired) electrons. The monoisotopic (exact) mass is 430 g/mol. The van der Waals surface area contributed by atoms with E-state index in [1.54, 1.807) is 14.0 Å². The number of hydrogen-bond acceptors (Lipinski definition) is 5. The first kappa shape index (κ1) is 28.6. The molecule has 0 aliphatic carbocycles. The molecule has 0 aliphatic heterocycles. The Hall–Kier alpha value is -0.423. The van der Waals surface area contributed by atoms with Crippen LogP contribution in [0.3, 0.4) is 0 Å². The summed E-state index contributed by atoms with van der Waals surface area (Å²) in [4.78, 5) is 0. The minimum atomic E-state index is -2.02. The number of ether oxygens (including phenoxy) is 3. The van der Waals surface area contributed by atoms with Gasteiger partial charge < -0.3 is 23.7 Å². The lowest BCUT2D eigenvalue weighted by molar-refractivity contribution is -0.137. The topological polar surface area (TPSA) is 57.2 Å². The fourth-order valence-corrected chi connectivity index (χ4v) is 9.86. The van der Waals surface area contributed by atoms with Gasteiger partial charge in [0.1, 0.15) is 6.79 Å². The highest BCUT2D eigenvalue weighted by molar-refractivity contribution is 6.77. The van der Waals surface area contributed by atoms with Crippen molar-refractivity contribution in [1.82, 2.24) is 0 Å². The zero-order valence-electron chi connectivity index (χ0n) is 20.5. The van der Waals surface area contributed by atoms with Crippen LogP contribution in [0.5, 0.6) is 0 Å². The molecule has 0 aromatic carbocycles. The average molecular weight is 431 g/mol. The van der Waals surface area contributed by atoms with Gasteiger partial charge in [0.25, 0.3) is 0 Å². The normalized spacial score (nSPS) is 16.6. The molecule has 0 saturated heterocycles. The van der Waals surface area contributed by atoms with E-state index in [-0.39, 0.29) is 24.7 Å². The summed E-state index contributed by atoms with van der Waals surface area (Å²) in [5.74, 6) is 5.70. The van der Waals surface area contributed by atoms with Crippen molar-refractivity contribution in [1.29, 1.82) is 0 Å². The maximum absolute atomic E-state index is 10.8. The SMILES string of the molecule is CC#C[C@@H](C)[C@@H](O)[C@@H](C)[C@H](CO[Si](C(C)C)(C(C)C)C(C)C)OCOCCOC. The van der Waals surface area contributed by atoms with Crippen molar-refractivity contribution in [2.45, 2.75) is 91.1 Å². The number of aliphatic hydroxyl groups is 1. The molecule has 0 aliphatic rings. The standard InChI is InChI=1S/C23H46O5Si/c1-11-12-20(8)23(24)21(9)22(27-16-26-14-13-25-10)15-28-29(17(2)3,18(4)5)19(6)7/h17-24H,13-16H2,1-10H3/t20-,21+,22+,23-/m1/s1. The molecule has 0 saturated carbocycles. The third-order valence-corrected chi connectivity index (χ3v) is 12.1. The minimum Gasteiger partial charge on any atom is -0.413 e. The molecule has 0 heterocycles. The van der Waals surface area contributed by atoms with E-state index in [1.807, 2.05) is 13.8 Å². The van der Waals surface area contributed by atoms with Gasteiger partial charge in [0, 0.05) is 18.9 Å². The summed E-state index contributed by atoms with van der Waals surface area (Å²) in [5.41, 5.74) is 1.48. The van der Waals surface area contributed by atoms with Crippen molar-refractivity contribution in [3.8, 4) is 11.8 Å². The zero-order chi connectivity index (χ0) is 22.6. The largest absolute Gasteiger partial charge is 0.413 e. The molecule has 0 aromatic rings. The molecule has 0 unspecified atom stereocenters. The molecule has 0 rings (SSSR count). The van der Waals surface area contributed by atoms with Gasteiger partial charge in [-0.3, -0.25) is 0 Å². The molecule has 172 valence electrons. The lowest BCUT2D eigenvalue weighted by Gasteiger charge is -2.43. The highest BCUT2D eigenvalue weighted by atomic mass is 28.4. The molecule has 0 amide bonds. The minimum absolute atomic E-state index is 0.127. The molecule has 29 heavy (non-hydrogen) atoms. The zero-order valence-corrected chi connectivity index (χ0v) is 21.5. The first-order valence-corrected chi connectivity index (χ1v) is 13.1. The first-order chi connectivity index (χ1) is 13.6. The molecule has 0 fully saturated rings. The van der Waals surface area contributed by atoms with Gasteiger partial charge in [0.2, 0.25) is 0 Å². The summed E-state index contributed by atoms with van der Waals surface area (Å²) in [6.45, 7) is 21.0. The van der Waals surface area contributed by atoms with E-state index in [2.05, 4.69) is 53.4 Å². The Bertz CT molecular complexity index is 462. The van der Waals surface area contributed by atoms with E-state index in [1.165, 1.54) is 0 Å². The number of rotatable bonds is 15. The number of hydrogen-bond donors (Lipinski definition) is 1. The molecular formula is C23H46O5Si. The molecule has 4 atom stereocenters. The van der Waals surface area contributed by atoms with Crippen molar-refractivity contribution in [2.75, 3.05) is 33.7 Å². The van der Waals surface area contributed by atoms with Gasteiger partial charge in [-0.1, -0.05) is 54.4 Å². The van der Waals surface area contributed by atoms with Crippen molar-refractivity contribution in [2.24, 2.45) is 11.8 Å². The van der Waals surface area contributed by atoms with Crippen LogP contribution in [-0.2, 0) is 18.6 Å². The fourth-order valence-electron chi connectivity index (χ4n) is 4.40. The summed E-state index contributed by atoms with van der Waals surface area (Å²) in [6.07, 6.45) is -0.861. The van der Waals surface area contributed by atoms with E-state index >= 15 is 0 Å². The van der Waals surface area contributed by atoms with Crippen molar-refractivity contribution >= 4 is 8.32 Å². The molecule has 0 aromatic heterocycles. The maximum atomic E-state index is 10.8. The van der Waals surface area contributed by atoms with Gasteiger partial charge in [-0.05, 0) is 30.5 Å². The van der Waals surface area contributed by atoms with Crippen LogP contribution in [0.1, 0.15) is 62.3 Å². The first-order valence-electron chi connectivity index (χ1n) is 11.0. The highest BCUT2D eigenvalue weighted by Crippen LogP contribution is 2.42. The molecule has 0 spiro atoms. The van der Waals surface area contributed by atoms with Crippen molar-refractivity contribution in [3.05, 3.63) is 0 Å². The van der Waals surface area contributed by atoms with Crippen LogP contribution in [0.4, 0.5) is 0 Å². The Morgan fingerprint density at radius 2 is 1.45 bits per heavy atom. The van der Waals surface area contributed by atoms with E-state index in [0.717, 1.165) is 0 Å². The summed E-state index contributed by atoms with van der Waals surface area (Å²) < 4.78 is 23.3. The number of methoxy groups -OCH3 is 1. The van der Waals surface area contributed by atoms with Gasteiger partial charge in [-0.25, -0.2) is 0 Å². The molecule has 0 bridgehead atoms. The Kier molecular flexibility index (Phi) is 14.3. The van der Waals surface area contributed by atoms with Gasteiger partial charge in [0.05, 0.1) is 32.0 Å². The maximum Gasteiger partial charge on any atom is 0.200 e. The van der Waals surface area contributed by atoms with Crippen LogP contribution in [0.15, 0.2) is 0 Å². The van der Waals surface area contributed by atoms with Crippen LogP contribution in [0.2, 0.25) is 16.6 Å². The Labute approximate surface area is 181 Å². The van der Waals surface area contributed by atoms with E-state index in [4.69, 9.17) is 18.6 Å². The van der Waals surface area contributed by atoms with Crippen LogP contribution in [0, 0.1) is 23.7 Å². The molecule has 5 nitrogen and oxygen atoms in total. The lowest BCUT2D eigenvalue weighted by Crippen LogP contribution is -2.50. The van der Waals surface area contributed by atoms with Crippen molar-refractivity contribution in [3.63, 3.8) is 0 Å². The summed E-state index contributed by atoms with van der Waals surface area (Å²) in [7, 11) is -0.382. The fraction of sp³-hybridized carbons (Fsp3) is 0.913. The van der Waals surface area contributed by atoms with Gasteiger partial charge in [-0.2, -0.15) is 0 Å². The Morgan fingerprint density at radius 1 is 0.897 bits per heavy atom. The second-order valence-electron chi connectivity index (χ2n) is 8.89. The van der Waals surface area contributed by atoms with Gasteiger partial charge in [-0.15, -0.1) is 5.92 Å². The van der Waals surface area contributed by atoms with Crippen LogP contribution >= 0.6 is 0 Å². The second kappa shape index (κ2) is 14.6. The van der Waals surface area contributed by atoms with Crippen LogP contribution in [0.25, 0.3) is 0 Å². The predicted octanol–water partition coefficient (Wildman–Crippen LogP) is 4.84. The molecule has 1 N–H and O–H groups in total. The Balaban J connectivity index is 5.37.